The van der Waals surface area contributed by atoms with E-state index < -0.39 is 0 Å². The van der Waals surface area contributed by atoms with Crippen LogP contribution in [0, 0.1) is 19.3 Å². The van der Waals surface area contributed by atoms with Crippen molar-refractivity contribution in [3.8, 4) is 0 Å². The second-order valence-electron chi connectivity index (χ2n) is 6.09. The number of aromatic nitrogens is 2. The molecule has 0 saturated heterocycles. The van der Waals surface area contributed by atoms with E-state index >= 15 is 0 Å². The summed E-state index contributed by atoms with van der Waals surface area (Å²) in [5, 5.41) is 8.19. The lowest BCUT2D eigenvalue weighted by atomic mass is 9.71. The largest absolute Gasteiger partial charge is 0.314 e. The van der Waals surface area contributed by atoms with Crippen LogP contribution in [0.15, 0.2) is 6.07 Å². The molecule has 2 rings (SSSR count). The zero-order valence-corrected chi connectivity index (χ0v) is 11.7. The Labute approximate surface area is 105 Å². The fourth-order valence-electron chi connectivity index (χ4n) is 3.44. The summed E-state index contributed by atoms with van der Waals surface area (Å²) in [6, 6.07) is 3.18. The van der Waals surface area contributed by atoms with Crippen molar-refractivity contribution in [3.63, 3.8) is 0 Å². The quantitative estimate of drug-likeness (QED) is 0.854. The van der Waals surface area contributed by atoms with Gasteiger partial charge in [-0.25, -0.2) is 0 Å². The van der Waals surface area contributed by atoms with Crippen LogP contribution in [0.25, 0.3) is 0 Å². The average Bonchev–Trinajstić information content (AvgIpc) is 2.56. The van der Waals surface area contributed by atoms with Crippen LogP contribution in [0.3, 0.4) is 0 Å². The smallest absolute Gasteiger partial charge is 0.0680 e. The predicted molar refractivity (Wildman–Crippen MR) is 71.2 cm³/mol. The van der Waals surface area contributed by atoms with Crippen molar-refractivity contribution >= 4 is 0 Å². The lowest BCUT2D eigenvalue weighted by Gasteiger charge is -2.44. The Kier molecular flexibility index (Phi) is 3.30. The first kappa shape index (κ1) is 12.6. The Morgan fingerprint density at radius 3 is 2.65 bits per heavy atom. The summed E-state index contributed by atoms with van der Waals surface area (Å²) >= 11 is 0. The van der Waals surface area contributed by atoms with Crippen molar-refractivity contribution in [2.45, 2.75) is 59.0 Å². The van der Waals surface area contributed by atoms with Crippen molar-refractivity contribution in [1.29, 1.82) is 0 Å². The van der Waals surface area contributed by atoms with Gasteiger partial charge in [-0.1, -0.05) is 20.3 Å². The molecule has 1 heterocycles. The summed E-state index contributed by atoms with van der Waals surface area (Å²) in [6.45, 7) is 8.97. The Hall–Kier alpha value is -0.830. The van der Waals surface area contributed by atoms with Crippen LogP contribution in [0.4, 0.5) is 0 Å². The number of nitrogens with zero attached hydrogens (tertiary/aromatic N) is 2. The fraction of sp³-hybridized carbons (Fsp3) is 0.786. The number of aryl methyl sites for hydroxylation is 2. The van der Waals surface area contributed by atoms with Gasteiger partial charge in [-0.2, -0.15) is 5.10 Å². The monoisotopic (exact) mass is 235 g/mol. The SMILES string of the molecule is CNC1C(n2nc(C)cc2C)CCCC1(C)C. The fourth-order valence-corrected chi connectivity index (χ4v) is 3.44. The maximum atomic E-state index is 4.67. The van der Waals surface area contributed by atoms with Crippen molar-refractivity contribution < 1.29 is 0 Å². The van der Waals surface area contributed by atoms with Crippen LogP contribution in [-0.4, -0.2) is 22.9 Å². The van der Waals surface area contributed by atoms with Crippen molar-refractivity contribution in [3.05, 3.63) is 17.5 Å². The molecule has 2 atom stereocenters. The third-order valence-electron chi connectivity index (χ3n) is 4.22. The van der Waals surface area contributed by atoms with Crippen molar-refractivity contribution in [2.24, 2.45) is 5.41 Å². The van der Waals surface area contributed by atoms with E-state index in [2.05, 4.69) is 55.9 Å². The molecule has 1 saturated carbocycles. The van der Waals surface area contributed by atoms with E-state index in [1.807, 2.05) is 0 Å². The summed E-state index contributed by atoms with van der Waals surface area (Å²) < 4.78 is 2.23. The van der Waals surface area contributed by atoms with E-state index in [-0.39, 0.29) is 0 Å². The zero-order valence-electron chi connectivity index (χ0n) is 11.7. The normalized spacial score (nSPS) is 28.3. The lowest BCUT2D eigenvalue weighted by molar-refractivity contribution is 0.111. The molecule has 96 valence electrons. The summed E-state index contributed by atoms with van der Waals surface area (Å²) in [7, 11) is 2.08. The molecule has 3 nitrogen and oxygen atoms in total. The molecule has 0 radical (unpaired) electrons. The average molecular weight is 235 g/mol. The third kappa shape index (κ3) is 2.25. The minimum absolute atomic E-state index is 0.351. The highest BCUT2D eigenvalue weighted by Crippen LogP contribution is 2.41. The van der Waals surface area contributed by atoms with Crippen LogP contribution in [0.2, 0.25) is 0 Å². The molecule has 3 heteroatoms. The molecule has 0 aliphatic heterocycles. The van der Waals surface area contributed by atoms with E-state index in [1.54, 1.807) is 0 Å². The molecular formula is C14H25N3. The third-order valence-corrected chi connectivity index (χ3v) is 4.22. The first-order valence-corrected chi connectivity index (χ1v) is 6.66. The van der Waals surface area contributed by atoms with Gasteiger partial charge in [0.05, 0.1) is 11.7 Å². The molecule has 1 fully saturated rings. The number of hydrogen-bond acceptors (Lipinski definition) is 2. The van der Waals surface area contributed by atoms with E-state index in [1.165, 1.54) is 25.0 Å². The van der Waals surface area contributed by atoms with Crippen LogP contribution in [0.5, 0.6) is 0 Å². The van der Waals surface area contributed by atoms with Gasteiger partial charge in [0.15, 0.2) is 0 Å². The van der Waals surface area contributed by atoms with Gasteiger partial charge in [0, 0.05) is 11.7 Å². The standard InChI is InChI=1S/C14H25N3/c1-10-9-11(2)17(16-10)12-7-6-8-14(3,4)13(12)15-5/h9,12-13,15H,6-8H2,1-5H3. The van der Waals surface area contributed by atoms with E-state index in [9.17, 15) is 0 Å². The molecule has 1 N–H and O–H groups in total. The zero-order chi connectivity index (χ0) is 12.6. The maximum Gasteiger partial charge on any atom is 0.0680 e. The molecule has 1 aromatic heterocycles. The molecule has 0 aromatic carbocycles. The van der Waals surface area contributed by atoms with E-state index in [0.717, 1.165) is 5.69 Å². The van der Waals surface area contributed by atoms with Gasteiger partial charge in [0.2, 0.25) is 0 Å². The maximum absolute atomic E-state index is 4.67. The topological polar surface area (TPSA) is 29.9 Å². The lowest BCUT2D eigenvalue weighted by Crippen LogP contribution is -2.49. The van der Waals surface area contributed by atoms with Gasteiger partial charge < -0.3 is 5.32 Å². The highest BCUT2D eigenvalue weighted by atomic mass is 15.3. The van der Waals surface area contributed by atoms with E-state index in [4.69, 9.17) is 0 Å². The van der Waals surface area contributed by atoms with Crippen molar-refractivity contribution in [2.75, 3.05) is 7.05 Å². The number of hydrogen-bond donors (Lipinski definition) is 1. The Balaban J connectivity index is 2.33. The summed E-state index contributed by atoms with van der Waals surface area (Å²) in [5.41, 5.74) is 2.76. The van der Waals surface area contributed by atoms with Gasteiger partial charge >= 0.3 is 0 Å². The minimum Gasteiger partial charge on any atom is -0.314 e. The number of nitrogens with one attached hydrogen (secondary N) is 1. The number of likely N-dealkylation sites (N-methyl/N-ethyl adjacent to an activating group) is 1. The van der Waals surface area contributed by atoms with Gasteiger partial charge in [-0.05, 0) is 45.2 Å². The van der Waals surface area contributed by atoms with E-state index in [0.29, 0.717) is 17.5 Å². The molecule has 0 amide bonds. The Morgan fingerprint density at radius 1 is 1.41 bits per heavy atom. The van der Waals surface area contributed by atoms with Crippen molar-refractivity contribution in [1.82, 2.24) is 15.1 Å². The van der Waals surface area contributed by atoms with Gasteiger partial charge in [0.1, 0.15) is 0 Å². The van der Waals surface area contributed by atoms with Crippen LogP contribution in [0.1, 0.15) is 50.5 Å². The second-order valence-corrected chi connectivity index (χ2v) is 6.09. The highest BCUT2D eigenvalue weighted by Gasteiger charge is 2.39. The molecule has 0 bridgehead atoms. The van der Waals surface area contributed by atoms with Crippen LogP contribution >= 0.6 is 0 Å². The van der Waals surface area contributed by atoms with Gasteiger partial charge in [-0.3, -0.25) is 4.68 Å². The second kappa shape index (κ2) is 4.45. The molecular weight excluding hydrogens is 210 g/mol. The Bertz CT molecular complexity index is 392. The predicted octanol–water partition coefficient (Wildman–Crippen LogP) is 2.84. The number of rotatable bonds is 2. The molecule has 1 aliphatic rings. The van der Waals surface area contributed by atoms with Gasteiger partial charge in [-0.15, -0.1) is 0 Å². The summed E-state index contributed by atoms with van der Waals surface area (Å²) in [6.07, 6.45) is 3.83. The first-order chi connectivity index (χ1) is 7.95. The van der Waals surface area contributed by atoms with Gasteiger partial charge in [0.25, 0.3) is 0 Å². The summed E-state index contributed by atoms with van der Waals surface area (Å²) in [4.78, 5) is 0. The molecule has 1 aliphatic carbocycles. The molecule has 1 aromatic rings. The molecule has 2 unspecified atom stereocenters. The van der Waals surface area contributed by atoms with Crippen LogP contribution < -0.4 is 5.32 Å². The highest BCUT2D eigenvalue weighted by molar-refractivity contribution is 5.10. The summed E-state index contributed by atoms with van der Waals surface area (Å²) in [5.74, 6) is 0. The van der Waals surface area contributed by atoms with Crippen LogP contribution in [-0.2, 0) is 0 Å². The molecule has 0 spiro atoms. The Morgan fingerprint density at radius 2 is 2.12 bits per heavy atom. The molecule has 17 heavy (non-hydrogen) atoms. The minimum atomic E-state index is 0.351. The first-order valence-electron chi connectivity index (χ1n) is 6.66.